The third kappa shape index (κ3) is 4.09. The number of nitrogens with zero attached hydrogens (tertiary/aromatic N) is 1. The summed E-state index contributed by atoms with van der Waals surface area (Å²) in [6.45, 7) is 2.16. The summed E-state index contributed by atoms with van der Waals surface area (Å²) in [6, 6.07) is 13.2. The van der Waals surface area contributed by atoms with Crippen LogP contribution in [0, 0.1) is 17.6 Å². The van der Waals surface area contributed by atoms with Crippen LogP contribution in [0.1, 0.15) is 79.1 Å². The molecule has 32 heavy (non-hydrogen) atoms. The van der Waals surface area contributed by atoms with Crippen LogP contribution in [0.3, 0.4) is 0 Å². The molecule has 1 N–H and O–H groups in total. The van der Waals surface area contributed by atoms with Crippen molar-refractivity contribution < 1.29 is 13.9 Å². The lowest BCUT2D eigenvalue weighted by molar-refractivity contribution is 0.135. The second kappa shape index (κ2) is 8.74. The van der Waals surface area contributed by atoms with Crippen molar-refractivity contribution in [1.82, 2.24) is 4.98 Å². The molecule has 1 saturated carbocycles. The van der Waals surface area contributed by atoms with Crippen LogP contribution in [0.4, 0.5) is 8.78 Å². The lowest BCUT2D eigenvalue weighted by Gasteiger charge is -2.32. The molecule has 2 atom stereocenters. The highest BCUT2D eigenvalue weighted by atomic mass is 19.1. The van der Waals surface area contributed by atoms with E-state index in [0.717, 1.165) is 58.5 Å². The minimum atomic E-state index is -0.592. The van der Waals surface area contributed by atoms with Gasteiger partial charge in [-0.25, -0.2) is 8.78 Å². The molecule has 3 aromatic rings. The summed E-state index contributed by atoms with van der Waals surface area (Å²) in [5.41, 5.74) is 7.02. The van der Waals surface area contributed by atoms with Crippen molar-refractivity contribution in [3.8, 4) is 11.1 Å². The highest BCUT2D eigenvalue weighted by Gasteiger charge is 2.33. The first-order valence-corrected chi connectivity index (χ1v) is 11.7. The zero-order chi connectivity index (χ0) is 22.2. The summed E-state index contributed by atoms with van der Waals surface area (Å²) in [5.74, 6) is 0.230. The van der Waals surface area contributed by atoms with Crippen molar-refractivity contribution in [2.75, 3.05) is 0 Å². The Hall–Kier alpha value is -2.59. The van der Waals surface area contributed by atoms with Crippen LogP contribution in [-0.4, -0.2) is 10.1 Å². The maximum atomic E-state index is 13.8. The molecule has 2 nitrogen and oxygen atoms in total. The third-order valence-electron chi connectivity index (χ3n) is 7.12. The van der Waals surface area contributed by atoms with Gasteiger partial charge in [-0.1, -0.05) is 44.0 Å². The number of benzene rings is 2. The molecule has 1 heterocycles. The molecule has 2 aliphatic rings. The minimum Gasteiger partial charge on any atom is -0.388 e. The molecule has 2 aromatic carbocycles. The molecule has 1 fully saturated rings. The zero-order valence-electron chi connectivity index (χ0n) is 18.5. The number of aliphatic hydroxyl groups excluding tert-OH is 1. The van der Waals surface area contributed by atoms with Gasteiger partial charge >= 0.3 is 0 Å². The van der Waals surface area contributed by atoms with Gasteiger partial charge in [0.1, 0.15) is 11.6 Å². The van der Waals surface area contributed by atoms with E-state index >= 15 is 0 Å². The smallest absolute Gasteiger partial charge is 0.123 e. The lowest BCUT2D eigenvalue weighted by atomic mass is 9.78. The van der Waals surface area contributed by atoms with Crippen molar-refractivity contribution >= 4 is 0 Å². The molecule has 5 rings (SSSR count). The Morgan fingerprint density at radius 2 is 1.56 bits per heavy atom. The summed E-state index contributed by atoms with van der Waals surface area (Å²) in [5, 5.41) is 11.1. The average Bonchev–Trinajstić information content (AvgIpc) is 3.30. The van der Waals surface area contributed by atoms with Crippen LogP contribution in [0.2, 0.25) is 0 Å². The quantitative estimate of drug-likeness (QED) is 0.486. The van der Waals surface area contributed by atoms with Gasteiger partial charge in [0.15, 0.2) is 0 Å². The van der Waals surface area contributed by atoms with Gasteiger partial charge in [-0.3, -0.25) is 4.98 Å². The van der Waals surface area contributed by atoms with Crippen molar-refractivity contribution in [3.05, 3.63) is 88.2 Å². The molecule has 0 saturated heterocycles. The van der Waals surface area contributed by atoms with Gasteiger partial charge in [0, 0.05) is 22.9 Å². The third-order valence-corrected chi connectivity index (χ3v) is 7.12. The Labute approximate surface area is 188 Å². The molecule has 0 radical (unpaired) electrons. The number of pyridine rings is 1. The van der Waals surface area contributed by atoms with Gasteiger partial charge in [-0.15, -0.1) is 0 Å². The first kappa shape index (κ1) is 21.3. The molecule has 1 aromatic heterocycles. The van der Waals surface area contributed by atoms with Crippen LogP contribution < -0.4 is 0 Å². The van der Waals surface area contributed by atoms with Gasteiger partial charge in [-0.2, -0.15) is 0 Å². The van der Waals surface area contributed by atoms with Crippen LogP contribution in [-0.2, 0) is 12.8 Å². The van der Waals surface area contributed by atoms with E-state index in [1.54, 1.807) is 0 Å². The van der Waals surface area contributed by atoms with E-state index in [1.165, 1.54) is 37.1 Å². The van der Waals surface area contributed by atoms with Crippen LogP contribution in [0.15, 0.2) is 48.5 Å². The Bertz CT molecular complexity index is 1100. The topological polar surface area (TPSA) is 33.1 Å². The highest BCUT2D eigenvalue weighted by molar-refractivity contribution is 5.74. The molecule has 0 amide bonds. The summed E-state index contributed by atoms with van der Waals surface area (Å²) in [7, 11) is 0. The Morgan fingerprint density at radius 1 is 0.938 bits per heavy atom. The van der Waals surface area contributed by atoms with Crippen LogP contribution >= 0.6 is 0 Å². The molecule has 2 aliphatic carbocycles. The second-order valence-corrected chi connectivity index (χ2v) is 9.56. The van der Waals surface area contributed by atoms with Gasteiger partial charge in [0.2, 0.25) is 0 Å². The van der Waals surface area contributed by atoms with E-state index in [-0.39, 0.29) is 11.6 Å². The fourth-order valence-corrected chi connectivity index (χ4v) is 5.60. The summed E-state index contributed by atoms with van der Waals surface area (Å²) in [6.07, 6.45) is 6.19. The van der Waals surface area contributed by atoms with Crippen molar-refractivity contribution in [2.24, 2.45) is 5.92 Å². The van der Waals surface area contributed by atoms with Crippen molar-refractivity contribution in [1.29, 1.82) is 0 Å². The normalized spacial score (nSPS) is 21.0. The van der Waals surface area contributed by atoms with E-state index in [9.17, 15) is 13.9 Å². The van der Waals surface area contributed by atoms with Crippen LogP contribution in [0.25, 0.3) is 11.1 Å². The summed E-state index contributed by atoms with van der Waals surface area (Å²) in [4.78, 5) is 5.21. The molecule has 0 spiro atoms. The predicted octanol–water partition coefficient (Wildman–Crippen LogP) is 6.89. The number of aliphatic hydroxyl groups is 1. The van der Waals surface area contributed by atoms with Crippen molar-refractivity contribution in [3.63, 3.8) is 0 Å². The Kier molecular flexibility index (Phi) is 5.81. The number of hydrogen-bond acceptors (Lipinski definition) is 2. The fourth-order valence-electron chi connectivity index (χ4n) is 5.60. The van der Waals surface area contributed by atoms with E-state index < -0.39 is 6.10 Å². The second-order valence-electron chi connectivity index (χ2n) is 9.56. The molecular weight excluding hydrogens is 404 g/mol. The first-order chi connectivity index (χ1) is 15.5. The maximum absolute atomic E-state index is 13.8. The number of fused-ring (bicyclic) bond motifs is 1. The molecule has 2 unspecified atom stereocenters. The number of rotatable bonds is 4. The molecular formula is C28H29F2NO. The standard InChI is InChI=1S/C28H29F2NO/c1-17-14-24-27(25(32)15-17)26(19-8-12-22(30)13-9-19)23(16-18-6-10-21(29)11-7-18)28(31-24)20-4-2-3-5-20/h6-13,17,20,25,32H,2-5,14-16H2,1H3. The van der Waals surface area contributed by atoms with Gasteiger partial charge in [0.25, 0.3) is 0 Å². The first-order valence-electron chi connectivity index (χ1n) is 11.7. The van der Waals surface area contributed by atoms with E-state index in [0.29, 0.717) is 24.7 Å². The highest BCUT2D eigenvalue weighted by Crippen LogP contribution is 2.45. The van der Waals surface area contributed by atoms with Crippen LogP contribution in [0.5, 0.6) is 0 Å². The zero-order valence-corrected chi connectivity index (χ0v) is 18.5. The number of hydrogen-bond donors (Lipinski definition) is 1. The van der Waals surface area contributed by atoms with Gasteiger partial charge < -0.3 is 5.11 Å². The van der Waals surface area contributed by atoms with Gasteiger partial charge in [0.05, 0.1) is 6.10 Å². The number of aromatic nitrogens is 1. The average molecular weight is 434 g/mol. The Morgan fingerprint density at radius 3 is 2.22 bits per heavy atom. The lowest BCUT2D eigenvalue weighted by Crippen LogP contribution is -2.22. The summed E-state index contributed by atoms with van der Waals surface area (Å²) < 4.78 is 27.3. The Balaban J connectivity index is 1.76. The predicted molar refractivity (Wildman–Crippen MR) is 122 cm³/mol. The monoisotopic (exact) mass is 433 g/mol. The molecule has 0 aliphatic heterocycles. The molecule has 4 heteroatoms. The van der Waals surface area contributed by atoms with E-state index in [1.807, 2.05) is 24.3 Å². The molecule has 166 valence electrons. The SMILES string of the molecule is CC1Cc2nc(C3CCCC3)c(Cc3ccc(F)cc3)c(-c3ccc(F)cc3)c2C(O)C1. The van der Waals surface area contributed by atoms with Gasteiger partial charge in [-0.05, 0) is 84.5 Å². The number of halogens is 2. The summed E-state index contributed by atoms with van der Waals surface area (Å²) >= 11 is 0. The maximum Gasteiger partial charge on any atom is 0.123 e. The molecule has 0 bridgehead atoms. The fraction of sp³-hybridized carbons (Fsp3) is 0.393. The van der Waals surface area contributed by atoms with E-state index in [2.05, 4.69) is 6.92 Å². The largest absolute Gasteiger partial charge is 0.388 e. The minimum absolute atomic E-state index is 0.253. The van der Waals surface area contributed by atoms with E-state index in [4.69, 9.17) is 4.98 Å². The van der Waals surface area contributed by atoms with Crippen molar-refractivity contribution in [2.45, 2.75) is 63.9 Å².